The third-order valence-electron chi connectivity index (χ3n) is 2.12. The minimum Gasteiger partial charge on any atom is -0.481 e. The van der Waals surface area contributed by atoms with Gasteiger partial charge in [0.2, 0.25) is 0 Å². The van der Waals surface area contributed by atoms with E-state index in [0.29, 0.717) is 12.2 Å². The first-order chi connectivity index (χ1) is 6.40. The summed E-state index contributed by atoms with van der Waals surface area (Å²) in [6, 6.07) is 0. The molecule has 0 spiro atoms. The van der Waals surface area contributed by atoms with Gasteiger partial charge in [-0.1, -0.05) is 6.92 Å². The van der Waals surface area contributed by atoms with Crippen LogP contribution in [0.15, 0.2) is 0 Å². The number of rotatable bonds is 2. The minimum absolute atomic E-state index is 0.0671. The Balaban J connectivity index is 0.000000255. The van der Waals surface area contributed by atoms with Crippen LogP contribution in [0.4, 0.5) is 0 Å². The third-order valence-corrected chi connectivity index (χ3v) is 4.44. The number of carboxylic acid groups (broad SMARTS) is 1. The second kappa shape index (κ2) is 6.01. The van der Waals surface area contributed by atoms with Crippen molar-refractivity contribution < 1.29 is 18.3 Å². The Morgan fingerprint density at radius 2 is 2.07 bits per heavy atom. The van der Waals surface area contributed by atoms with E-state index in [2.05, 4.69) is 0 Å². The van der Waals surface area contributed by atoms with Gasteiger partial charge in [0.25, 0.3) is 0 Å². The van der Waals surface area contributed by atoms with Crippen LogP contribution in [0.25, 0.3) is 0 Å². The topological polar surface area (TPSA) is 71.4 Å². The predicted octanol–water partition coefficient (Wildman–Crippen LogP) is 1.45. The molecule has 14 heavy (non-hydrogen) atoms. The van der Waals surface area contributed by atoms with Crippen molar-refractivity contribution in [3.63, 3.8) is 0 Å². The van der Waals surface area contributed by atoms with Crippen molar-refractivity contribution in [2.45, 2.75) is 44.8 Å². The Morgan fingerprint density at radius 3 is 2.14 bits per heavy atom. The number of aliphatic carboxylic acids is 1. The second-order valence-corrected chi connectivity index (χ2v) is 6.00. The van der Waals surface area contributed by atoms with E-state index in [9.17, 15) is 13.2 Å². The molecule has 1 unspecified atom stereocenters. The van der Waals surface area contributed by atoms with Crippen LogP contribution >= 0.6 is 0 Å². The van der Waals surface area contributed by atoms with E-state index >= 15 is 0 Å². The van der Waals surface area contributed by atoms with Crippen molar-refractivity contribution in [2.24, 2.45) is 0 Å². The molecule has 0 saturated carbocycles. The normalized spacial score (nSPS) is 23.7. The fraction of sp³-hybridized carbons (Fsp3) is 0.889. The van der Waals surface area contributed by atoms with E-state index in [1.165, 1.54) is 0 Å². The first-order valence-electron chi connectivity index (χ1n) is 4.83. The van der Waals surface area contributed by atoms with Crippen LogP contribution < -0.4 is 0 Å². The molecular formula is C9H18O4S. The zero-order valence-corrected chi connectivity index (χ0v) is 9.51. The number of sulfone groups is 1. The zero-order valence-electron chi connectivity index (χ0n) is 8.69. The molecule has 0 radical (unpaired) electrons. The van der Waals surface area contributed by atoms with Gasteiger partial charge in [-0.25, -0.2) is 8.42 Å². The van der Waals surface area contributed by atoms with E-state index in [1.807, 2.05) is 6.92 Å². The minimum atomic E-state index is -2.62. The molecule has 0 aromatic carbocycles. The Labute approximate surface area is 85.2 Å². The lowest BCUT2D eigenvalue weighted by Gasteiger charge is -1.96. The maximum atomic E-state index is 10.8. The second-order valence-electron chi connectivity index (χ2n) is 3.46. The van der Waals surface area contributed by atoms with E-state index < -0.39 is 15.8 Å². The summed E-state index contributed by atoms with van der Waals surface area (Å²) in [5, 5.41) is 7.85. The van der Waals surface area contributed by atoms with Crippen molar-refractivity contribution in [3.05, 3.63) is 0 Å². The summed E-state index contributed by atoms with van der Waals surface area (Å²) in [6.45, 7) is 3.62. The van der Waals surface area contributed by atoms with Gasteiger partial charge in [-0.3, -0.25) is 4.79 Å². The molecule has 1 saturated heterocycles. The average molecular weight is 222 g/mol. The van der Waals surface area contributed by atoms with Crippen LogP contribution in [0.1, 0.15) is 39.5 Å². The molecule has 0 aliphatic carbocycles. The monoisotopic (exact) mass is 222 g/mol. The first kappa shape index (κ1) is 13.4. The van der Waals surface area contributed by atoms with Crippen molar-refractivity contribution in [1.29, 1.82) is 0 Å². The molecule has 1 rings (SSSR count). The molecule has 1 fully saturated rings. The standard InChI is InChI=1S/C5H10O2S.C4H8O2/c1-5-3-2-4-8(5,6)7;1-2-3-4(5)6/h5H,2-4H2,1H3;2-3H2,1H3,(H,5,6). The van der Waals surface area contributed by atoms with Gasteiger partial charge in [-0.05, 0) is 26.2 Å². The molecule has 1 heterocycles. The van der Waals surface area contributed by atoms with Crippen LogP contribution in [0.3, 0.4) is 0 Å². The first-order valence-corrected chi connectivity index (χ1v) is 6.55. The lowest BCUT2D eigenvalue weighted by molar-refractivity contribution is -0.137. The molecular weight excluding hydrogens is 204 g/mol. The molecule has 1 N–H and O–H groups in total. The maximum absolute atomic E-state index is 10.8. The molecule has 1 atom stereocenters. The maximum Gasteiger partial charge on any atom is 0.303 e. The number of carboxylic acids is 1. The number of hydrogen-bond donors (Lipinski definition) is 1. The van der Waals surface area contributed by atoms with E-state index in [1.54, 1.807) is 6.92 Å². The van der Waals surface area contributed by atoms with E-state index in [-0.39, 0.29) is 5.25 Å². The highest BCUT2D eigenvalue weighted by atomic mass is 32.2. The highest BCUT2D eigenvalue weighted by Crippen LogP contribution is 2.18. The largest absolute Gasteiger partial charge is 0.481 e. The average Bonchev–Trinajstić information content (AvgIpc) is 2.31. The molecule has 5 heteroatoms. The summed E-state index contributed by atoms with van der Waals surface area (Å²) >= 11 is 0. The fourth-order valence-electron chi connectivity index (χ4n) is 1.17. The highest BCUT2D eigenvalue weighted by Gasteiger charge is 2.26. The van der Waals surface area contributed by atoms with Crippen LogP contribution in [0.5, 0.6) is 0 Å². The summed E-state index contributed by atoms with van der Waals surface area (Å²) in [7, 11) is -2.62. The molecule has 1 aliphatic heterocycles. The lowest BCUT2D eigenvalue weighted by Crippen LogP contribution is -2.10. The smallest absolute Gasteiger partial charge is 0.303 e. The fourth-order valence-corrected chi connectivity index (χ4v) is 2.66. The van der Waals surface area contributed by atoms with Gasteiger partial charge in [-0.15, -0.1) is 0 Å². The van der Waals surface area contributed by atoms with Gasteiger partial charge in [0, 0.05) is 6.42 Å². The molecule has 0 bridgehead atoms. The number of carbonyl (C=O) groups is 1. The zero-order chi connectivity index (χ0) is 11.2. The van der Waals surface area contributed by atoms with E-state index in [4.69, 9.17) is 5.11 Å². The van der Waals surface area contributed by atoms with Crippen molar-refractivity contribution >= 4 is 15.8 Å². The summed E-state index contributed by atoms with van der Waals surface area (Å²) < 4.78 is 21.5. The molecule has 1 aliphatic rings. The molecule has 84 valence electrons. The highest BCUT2D eigenvalue weighted by molar-refractivity contribution is 7.92. The molecule has 0 amide bonds. The van der Waals surface area contributed by atoms with Crippen molar-refractivity contribution in [2.75, 3.05) is 5.75 Å². The lowest BCUT2D eigenvalue weighted by atomic mass is 10.3. The van der Waals surface area contributed by atoms with Gasteiger partial charge in [0.1, 0.15) is 0 Å². The molecule has 4 nitrogen and oxygen atoms in total. The Bertz CT molecular complexity index is 269. The summed E-state index contributed by atoms with van der Waals surface area (Å²) in [5.41, 5.74) is 0. The molecule has 0 aromatic heterocycles. The van der Waals surface area contributed by atoms with Gasteiger partial charge < -0.3 is 5.11 Å². The Hall–Kier alpha value is -0.580. The third kappa shape index (κ3) is 5.21. The van der Waals surface area contributed by atoms with Crippen molar-refractivity contribution in [3.8, 4) is 0 Å². The Kier molecular flexibility index (Phi) is 5.76. The summed E-state index contributed by atoms with van der Waals surface area (Å²) in [5.74, 6) is -0.300. The van der Waals surface area contributed by atoms with Crippen molar-refractivity contribution in [1.82, 2.24) is 0 Å². The van der Waals surface area contributed by atoms with Gasteiger partial charge in [0.05, 0.1) is 11.0 Å². The number of hydrogen-bond acceptors (Lipinski definition) is 3. The van der Waals surface area contributed by atoms with Crippen LogP contribution in [-0.2, 0) is 14.6 Å². The van der Waals surface area contributed by atoms with Crippen LogP contribution in [0, 0.1) is 0 Å². The van der Waals surface area contributed by atoms with E-state index in [0.717, 1.165) is 19.3 Å². The SMILES string of the molecule is CC1CCCS1(=O)=O.CCCC(=O)O. The van der Waals surface area contributed by atoms with Crippen LogP contribution in [-0.4, -0.2) is 30.5 Å². The predicted molar refractivity (Wildman–Crippen MR) is 55.0 cm³/mol. The molecule has 0 aromatic rings. The van der Waals surface area contributed by atoms with Gasteiger partial charge in [0.15, 0.2) is 9.84 Å². The summed E-state index contributed by atoms with van der Waals surface area (Å²) in [6.07, 6.45) is 2.75. The quantitative estimate of drug-likeness (QED) is 0.767. The summed E-state index contributed by atoms with van der Waals surface area (Å²) in [4.78, 5) is 9.60. The Morgan fingerprint density at radius 1 is 1.50 bits per heavy atom. The van der Waals surface area contributed by atoms with Crippen LogP contribution in [0.2, 0.25) is 0 Å². The van der Waals surface area contributed by atoms with Gasteiger partial charge >= 0.3 is 5.97 Å². The van der Waals surface area contributed by atoms with Gasteiger partial charge in [-0.2, -0.15) is 0 Å².